The van der Waals surface area contributed by atoms with E-state index in [0.29, 0.717) is 0 Å². The van der Waals surface area contributed by atoms with Crippen molar-refractivity contribution in [2.75, 3.05) is 0 Å². The van der Waals surface area contributed by atoms with E-state index in [1.165, 1.54) is 16.0 Å². The van der Waals surface area contributed by atoms with Gasteiger partial charge in [0.15, 0.2) is 0 Å². The Balaban J connectivity index is 1.86. The number of benzene rings is 1. The summed E-state index contributed by atoms with van der Waals surface area (Å²) >= 11 is 9.41. The van der Waals surface area contributed by atoms with Gasteiger partial charge in [-0.3, -0.25) is 5.32 Å². The minimum Gasteiger partial charge on any atom is -0.299 e. The Hall–Kier alpha value is -1.13. The van der Waals surface area contributed by atoms with Gasteiger partial charge in [-0.2, -0.15) is 0 Å². The third kappa shape index (κ3) is 3.55. The molecule has 0 saturated carbocycles. The quantitative estimate of drug-likeness (QED) is 0.612. The fourth-order valence-electron chi connectivity index (χ4n) is 2.34. The van der Waals surface area contributed by atoms with E-state index in [-0.39, 0.29) is 12.1 Å². The summed E-state index contributed by atoms with van der Waals surface area (Å²) in [4.78, 5) is 1.33. The normalized spacial score (nSPS) is 14.0. The molecule has 21 heavy (non-hydrogen) atoms. The summed E-state index contributed by atoms with van der Waals surface area (Å²) < 4.78 is 0.839. The average molecular weight is 334 g/mol. The molecule has 3 rings (SSSR count). The standard InChI is InChI=1S/C17H16ClNS2/c1-12(14-10-16(18)21-11-14)19-17(15-8-5-9-20-15)13-6-3-2-4-7-13/h2-12,17,19H,1H3. The molecule has 2 aromatic heterocycles. The third-order valence-electron chi connectivity index (χ3n) is 3.47. The van der Waals surface area contributed by atoms with Gasteiger partial charge in [0, 0.05) is 10.9 Å². The summed E-state index contributed by atoms with van der Waals surface area (Å²) in [6, 6.07) is 17.4. The maximum Gasteiger partial charge on any atom is 0.0931 e. The number of rotatable bonds is 5. The van der Waals surface area contributed by atoms with E-state index in [1.807, 2.05) is 6.07 Å². The van der Waals surface area contributed by atoms with Gasteiger partial charge in [0.2, 0.25) is 0 Å². The smallest absolute Gasteiger partial charge is 0.0931 e. The van der Waals surface area contributed by atoms with Gasteiger partial charge in [-0.25, -0.2) is 0 Å². The lowest BCUT2D eigenvalue weighted by molar-refractivity contribution is 0.522. The van der Waals surface area contributed by atoms with Crippen LogP contribution in [0.2, 0.25) is 4.34 Å². The van der Waals surface area contributed by atoms with Gasteiger partial charge in [0.05, 0.1) is 10.4 Å². The molecule has 0 saturated heterocycles. The molecule has 0 radical (unpaired) electrons. The van der Waals surface area contributed by atoms with Crippen LogP contribution in [0.5, 0.6) is 0 Å². The summed E-state index contributed by atoms with van der Waals surface area (Å²) in [7, 11) is 0. The van der Waals surface area contributed by atoms with Crippen LogP contribution in [-0.2, 0) is 0 Å². The molecule has 1 nitrogen and oxygen atoms in total. The van der Waals surface area contributed by atoms with Crippen molar-refractivity contribution in [1.29, 1.82) is 0 Å². The van der Waals surface area contributed by atoms with Crippen LogP contribution >= 0.6 is 34.3 Å². The van der Waals surface area contributed by atoms with Crippen molar-refractivity contribution < 1.29 is 0 Å². The predicted molar refractivity (Wildman–Crippen MR) is 93.5 cm³/mol. The molecule has 0 spiro atoms. The molecule has 2 unspecified atom stereocenters. The van der Waals surface area contributed by atoms with E-state index < -0.39 is 0 Å². The first kappa shape index (κ1) is 14.8. The maximum atomic E-state index is 6.05. The van der Waals surface area contributed by atoms with Crippen LogP contribution in [0.4, 0.5) is 0 Å². The summed E-state index contributed by atoms with van der Waals surface area (Å²) in [5.41, 5.74) is 2.52. The Morgan fingerprint density at radius 2 is 1.81 bits per heavy atom. The van der Waals surface area contributed by atoms with Crippen molar-refractivity contribution in [3.8, 4) is 0 Å². The Morgan fingerprint density at radius 1 is 1.00 bits per heavy atom. The SMILES string of the molecule is CC(NC(c1ccccc1)c1cccs1)c1csc(Cl)c1. The highest BCUT2D eigenvalue weighted by molar-refractivity contribution is 7.14. The summed E-state index contributed by atoms with van der Waals surface area (Å²) in [6.07, 6.45) is 0. The molecule has 0 aliphatic heterocycles. The second kappa shape index (κ2) is 6.75. The molecular weight excluding hydrogens is 318 g/mol. The minimum atomic E-state index is 0.208. The van der Waals surface area contributed by atoms with E-state index in [1.54, 1.807) is 22.7 Å². The van der Waals surface area contributed by atoms with Crippen molar-refractivity contribution in [2.45, 2.75) is 19.0 Å². The van der Waals surface area contributed by atoms with E-state index >= 15 is 0 Å². The molecule has 0 aliphatic carbocycles. The Labute approximate surface area is 138 Å². The number of hydrogen-bond donors (Lipinski definition) is 1. The van der Waals surface area contributed by atoms with Crippen molar-refractivity contribution in [3.63, 3.8) is 0 Å². The van der Waals surface area contributed by atoms with Crippen molar-refractivity contribution >= 4 is 34.3 Å². The first-order valence-electron chi connectivity index (χ1n) is 6.82. The lowest BCUT2D eigenvalue weighted by Crippen LogP contribution is -2.24. The van der Waals surface area contributed by atoms with Gasteiger partial charge >= 0.3 is 0 Å². The van der Waals surface area contributed by atoms with Gasteiger partial charge in [0.1, 0.15) is 0 Å². The molecule has 0 fully saturated rings. The fraction of sp³-hybridized carbons (Fsp3) is 0.176. The zero-order chi connectivity index (χ0) is 14.7. The highest BCUT2D eigenvalue weighted by atomic mass is 35.5. The molecule has 2 heterocycles. The molecule has 1 aromatic carbocycles. The van der Waals surface area contributed by atoms with Crippen molar-refractivity contribution in [1.82, 2.24) is 5.32 Å². The second-order valence-electron chi connectivity index (χ2n) is 4.93. The zero-order valence-electron chi connectivity index (χ0n) is 11.6. The lowest BCUT2D eigenvalue weighted by Gasteiger charge is -2.22. The molecule has 0 bridgehead atoms. The monoisotopic (exact) mass is 333 g/mol. The number of thiophene rings is 2. The molecular formula is C17H16ClNS2. The van der Waals surface area contributed by atoms with Crippen LogP contribution in [0.25, 0.3) is 0 Å². The zero-order valence-corrected chi connectivity index (χ0v) is 14.0. The molecule has 2 atom stereocenters. The van der Waals surface area contributed by atoms with Crippen LogP contribution in [0, 0.1) is 0 Å². The van der Waals surface area contributed by atoms with Gasteiger partial charge in [-0.05, 0) is 40.9 Å². The maximum absolute atomic E-state index is 6.05. The number of halogens is 1. The van der Waals surface area contributed by atoms with Gasteiger partial charge in [-0.15, -0.1) is 22.7 Å². The van der Waals surface area contributed by atoms with Gasteiger partial charge in [0.25, 0.3) is 0 Å². The van der Waals surface area contributed by atoms with Crippen LogP contribution in [0.3, 0.4) is 0 Å². The predicted octanol–water partition coefficient (Wildman–Crippen LogP) is 5.90. The minimum absolute atomic E-state index is 0.208. The van der Waals surface area contributed by atoms with Crippen molar-refractivity contribution in [3.05, 3.63) is 79.6 Å². The molecule has 3 aromatic rings. The molecule has 0 aliphatic rings. The molecule has 4 heteroatoms. The second-order valence-corrected chi connectivity index (χ2v) is 7.45. The average Bonchev–Trinajstić information content (AvgIpc) is 3.17. The highest BCUT2D eigenvalue weighted by Crippen LogP contribution is 2.31. The van der Waals surface area contributed by atoms with Crippen LogP contribution in [0.1, 0.15) is 35.0 Å². The van der Waals surface area contributed by atoms with Crippen LogP contribution in [-0.4, -0.2) is 0 Å². The van der Waals surface area contributed by atoms with Crippen molar-refractivity contribution in [2.24, 2.45) is 0 Å². The number of nitrogens with one attached hydrogen (secondary N) is 1. The molecule has 0 amide bonds. The van der Waals surface area contributed by atoms with E-state index in [9.17, 15) is 0 Å². The fourth-order valence-corrected chi connectivity index (χ4v) is 4.14. The van der Waals surface area contributed by atoms with E-state index in [2.05, 4.69) is 65.5 Å². The van der Waals surface area contributed by atoms with E-state index in [4.69, 9.17) is 11.6 Å². The Kier molecular flexibility index (Phi) is 4.76. The van der Waals surface area contributed by atoms with E-state index in [0.717, 1.165) is 4.34 Å². The summed E-state index contributed by atoms with van der Waals surface area (Å²) in [6.45, 7) is 2.18. The van der Waals surface area contributed by atoms with Gasteiger partial charge < -0.3 is 0 Å². The van der Waals surface area contributed by atoms with Crippen LogP contribution < -0.4 is 5.32 Å². The molecule has 1 N–H and O–H groups in total. The third-order valence-corrected chi connectivity index (χ3v) is 5.51. The Morgan fingerprint density at radius 3 is 2.43 bits per heavy atom. The first-order chi connectivity index (χ1) is 10.2. The largest absolute Gasteiger partial charge is 0.299 e. The van der Waals surface area contributed by atoms with Gasteiger partial charge in [-0.1, -0.05) is 48.0 Å². The van der Waals surface area contributed by atoms with Crippen LogP contribution in [0.15, 0.2) is 59.3 Å². The number of hydrogen-bond acceptors (Lipinski definition) is 3. The molecule has 108 valence electrons. The lowest BCUT2D eigenvalue weighted by atomic mass is 10.0. The first-order valence-corrected chi connectivity index (χ1v) is 8.96. The highest BCUT2D eigenvalue weighted by Gasteiger charge is 2.18. The summed E-state index contributed by atoms with van der Waals surface area (Å²) in [5.74, 6) is 0. The summed E-state index contributed by atoms with van der Waals surface area (Å²) in [5, 5.41) is 7.97. The Bertz CT molecular complexity index is 676. The topological polar surface area (TPSA) is 12.0 Å².